The summed E-state index contributed by atoms with van der Waals surface area (Å²) in [5.74, 6) is 1.15. The summed E-state index contributed by atoms with van der Waals surface area (Å²) in [4.78, 5) is 0. The van der Waals surface area contributed by atoms with Crippen LogP contribution in [0.3, 0.4) is 0 Å². The average Bonchev–Trinajstić information content (AvgIpc) is 2.64. The van der Waals surface area contributed by atoms with Gasteiger partial charge in [0.2, 0.25) is 0 Å². The molecule has 1 aromatic rings. The first kappa shape index (κ1) is 6.53. The predicted molar refractivity (Wildman–Crippen MR) is 47.7 cm³/mol. The fourth-order valence-electron chi connectivity index (χ4n) is 2.25. The molecule has 0 amide bonds. The van der Waals surface area contributed by atoms with Gasteiger partial charge in [0.25, 0.3) is 0 Å². The fraction of sp³-hybridized carbons (Fsp3) is 0.455. The van der Waals surface area contributed by atoms with Gasteiger partial charge in [-0.15, -0.1) is 0 Å². The van der Waals surface area contributed by atoms with Crippen molar-refractivity contribution in [3.8, 4) is 5.75 Å². The Bertz CT molecular complexity index is 268. The van der Waals surface area contributed by atoms with Crippen molar-refractivity contribution in [1.82, 2.24) is 0 Å². The number of hydrogen-bond donors (Lipinski definition) is 0. The summed E-state index contributed by atoms with van der Waals surface area (Å²) in [6.45, 7) is 0.887. The first-order chi connectivity index (χ1) is 5.93. The smallest absolute Gasteiger partial charge is 0.122 e. The van der Waals surface area contributed by atoms with Crippen LogP contribution in [-0.4, -0.2) is 6.61 Å². The highest BCUT2D eigenvalue weighted by Gasteiger charge is 2.18. The third kappa shape index (κ3) is 0.795. The zero-order chi connectivity index (χ0) is 7.97. The molecule has 1 aliphatic carbocycles. The van der Waals surface area contributed by atoms with Gasteiger partial charge in [-0.1, -0.05) is 6.07 Å². The van der Waals surface area contributed by atoms with Crippen LogP contribution in [0.15, 0.2) is 12.1 Å². The van der Waals surface area contributed by atoms with Crippen molar-refractivity contribution in [3.05, 3.63) is 28.8 Å². The summed E-state index contributed by atoms with van der Waals surface area (Å²) in [5.41, 5.74) is 4.52. The van der Waals surface area contributed by atoms with Crippen LogP contribution in [0.2, 0.25) is 0 Å². The van der Waals surface area contributed by atoms with Crippen LogP contribution in [0.1, 0.15) is 23.1 Å². The minimum absolute atomic E-state index is 0.887. The van der Waals surface area contributed by atoms with Crippen LogP contribution < -0.4 is 4.74 Å². The van der Waals surface area contributed by atoms with Crippen LogP contribution >= 0.6 is 0 Å². The zero-order valence-corrected chi connectivity index (χ0v) is 7.10. The molecule has 3 rings (SSSR count). The summed E-state index contributed by atoms with van der Waals surface area (Å²) in [7, 11) is 0. The minimum atomic E-state index is 0.887. The van der Waals surface area contributed by atoms with E-state index in [1.165, 1.54) is 30.4 Å². The maximum atomic E-state index is 5.52. The molecule has 0 fully saturated rings. The second kappa shape index (κ2) is 2.25. The van der Waals surface area contributed by atoms with Gasteiger partial charge < -0.3 is 4.74 Å². The largest absolute Gasteiger partial charge is 0.493 e. The lowest BCUT2D eigenvalue weighted by Gasteiger charge is -2.02. The Hall–Kier alpha value is -0.980. The number of aryl methyl sites for hydroxylation is 2. The van der Waals surface area contributed by atoms with Crippen molar-refractivity contribution in [2.75, 3.05) is 6.61 Å². The number of fused-ring (bicyclic) bond motifs is 2. The Morgan fingerprint density at radius 2 is 1.75 bits per heavy atom. The fourth-order valence-corrected chi connectivity index (χ4v) is 2.25. The molecule has 1 heterocycles. The Morgan fingerprint density at radius 1 is 0.917 bits per heavy atom. The summed E-state index contributed by atoms with van der Waals surface area (Å²) >= 11 is 0. The van der Waals surface area contributed by atoms with E-state index in [1.54, 1.807) is 5.56 Å². The number of rotatable bonds is 0. The van der Waals surface area contributed by atoms with Gasteiger partial charge >= 0.3 is 0 Å². The van der Waals surface area contributed by atoms with Gasteiger partial charge in [-0.25, -0.2) is 0 Å². The molecule has 12 heavy (non-hydrogen) atoms. The summed E-state index contributed by atoms with van der Waals surface area (Å²) in [5, 5.41) is 0. The van der Waals surface area contributed by atoms with Crippen molar-refractivity contribution in [2.45, 2.75) is 25.7 Å². The highest BCUT2D eigenvalue weighted by molar-refractivity contribution is 5.46. The van der Waals surface area contributed by atoms with E-state index in [2.05, 4.69) is 12.1 Å². The van der Waals surface area contributed by atoms with E-state index in [0.717, 1.165) is 18.8 Å². The Morgan fingerprint density at radius 3 is 2.67 bits per heavy atom. The van der Waals surface area contributed by atoms with Gasteiger partial charge in [-0.05, 0) is 42.0 Å². The second-order valence-electron chi connectivity index (χ2n) is 3.68. The van der Waals surface area contributed by atoms with Crippen LogP contribution in [0, 0.1) is 0 Å². The molecule has 0 saturated carbocycles. The van der Waals surface area contributed by atoms with Gasteiger partial charge in [0.1, 0.15) is 5.75 Å². The molecule has 2 aliphatic rings. The molecule has 1 aliphatic heterocycles. The minimum Gasteiger partial charge on any atom is -0.493 e. The molecule has 0 spiro atoms. The molecule has 0 atom stereocenters. The zero-order valence-electron chi connectivity index (χ0n) is 7.10. The first-order valence-corrected chi connectivity index (χ1v) is 4.71. The molecule has 0 bridgehead atoms. The molecule has 0 aromatic heterocycles. The van der Waals surface area contributed by atoms with Gasteiger partial charge in [0.15, 0.2) is 0 Å². The maximum absolute atomic E-state index is 5.52. The summed E-state index contributed by atoms with van der Waals surface area (Å²) in [6, 6.07) is 4.61. The number of benzene rings is 1. The quantitative estimate of drug-likeness (QED) is 0.564. The highest BCUT2D eigenvalue weighted by atomic mass is 16.5. The van der Waals surface area contributed by atoms with E-state index in [1.807, 2.05) is 0 Å². The summed E-state index contributed by atoms with van der Waals surface area (Å²) < 4.78 is 5.52. The maximum Gasteiger partial charge on any atom is 0.122 e. The van der Waals surface area contributed by atoms with E-state index in [9.17, 15) is 0 Å². The van der Waals surface area contributed by atoms with E-state index >= 15 is 0 Å². The van der Waals surface area contributed by atoms with Crippen molar-refractivity contribution in [2.24, 2.45) is 0 Å². The van der Waals surface area contributed by atoms with Crippen molar-refractivity contribution in [3.63, 3.8) is 0 Å². The standard InChI is InChI=1S/C11H12O/c1-2-8-6-10-4-5-12-11(10)7-9(8)3-1/h6-7H,1-5H2. The normalized spacial score (nSPS) is 18.7. The molecular weight excluding hydrogens is 148 g/mol. The molecule has 0 saturated heterocycles. The molecule has 1 heteroatoms. The first-order valence-electron chi connectivity index (χ1n) is 4.71. The third-order valence-electron chi connectivity index (χ3n) is 2.90. The van der Waals surface area contributed by atoms with Crippen molar-refractivity contribution >= 4 is 0 Å². The molecule has 62 valence electrons. The van der Waals surface area contributed by atoms with Gasteiger partial charge in [0, 0.05) is 6.42 Å². The van der Waals surface area contributed by atoms with E-state index in [4.69, 9.17) is 4.74 Å². The summed E-state index contributed by atoms with van der Waals surface area (Å²) in [6.07, 6.45) is 4.98. The van der Waals surface area contributed by atoms with Crippen LogP contribution in [0.4, 0.5) is 0 Å². The SMILES string of the molecule is c1c2c(cc3c1CCO3)CCC2. The Balaban J connectivity index is 2.18. The Kier molecular flexibility index (Phi) is 1.23. The lowest BCUT2D eigenvalue weighted by molar-refractivity contribution is 0.356. The monoisotopic (exact) mass is 160 g/mol. The van der Waals surface area contributed by atoms with Crippen molar-refractivity contribution in [1.29, 1.82) is 0 Å². The lowest BCUT2D eigenvalue weighted by Crippen LogP contribution is -1.86. The lowest BCUT2D eigenvalue weighted by atomic mass is 10.0. The second-order valence-corrected chi connectivity index (χ2v) is 3.68. The van der Waals surface area contributed by atoms with Gasteiger partial charge in [0.05, 0.1) is 6.61 Å². The van der Waals surface area contributed by atoms with Crippen molar-refractivity contribution < 1.29 is 4.74 Å². The molecule has 0 unspecified atom stereocenters. The van der Waals surface area contributed by atoms with Crippen LogP contribution in [0.25, 0.3) is 0 Å². The molecule has 0 radical (unpaired) electrons. The predicted octanol–water partition coefficient (Wildman–Crippen LogP) is 2.11. The average molecular weight is 160 g/mol. The molecule has 1 nitrogen and oxygen atoms in total. The van der Waals surface area contributed by atoms with Crippen LogP contribution in [-0.2, 0) is 19.3 Å². The number of hydrogen-bond acceptors (Lipinski definition) is 1. The molecule has 1 aromatic carbocycles. The van der Waals surface area contributed by atoms with E-state index < -0.39 is 0 Å². The topological polar surface area (TPSA) is 9.23 Å². The van der Waals surface area contributed by atoms with Gasteiger partial charge in [-0.3, -0.25) is 0 Å². The highest BCUT2D eigenvalue weighted by Crippen LogP contribution is 2.32. The van der Waals surface area contributed by atoms with Crippen LogP contribution in [0.5, 0.6) is 5.75 Å². The molecular formula is C11H12O. The van der Waals surface area contributed by atoms with Gasteiger partial charge in [-0.2, -0.15) is 0 Å². The third-order valence-corrected chi connectivity index (χ3v) is 2.90. The van der Waals surface area contributed by atoms with E-state index in [-0.39, 0.29) is 0 Å². The van der Waals surface area contributed by atoms with E-state index in [0.29, 0.717) is 0 Å². The Labute approximate surface area is 72.4 Å². The molecule has 0 N–H and O–H groups in total. The number of ether oxygens (including phenoxy) is 1.